The van der Waals surface area contributed by atoms with E-state index in [4.69, 9.17) is 28.3 Å². The average molecular weight is 464 g/mol. The highest BCUT2D eigenvalue weighted by Crippen LogP contribution is 2.35. The molecule has 10 heteroatoms. The Labute approximate surface area is 186 Å². The number of aliphatic imine (C=N–C) groups is 1. The van der Waals surface area contributed by atoms with E-state index < -0.39 is 18.4 Å². The Morgan fingerprint density at radius 3 is 2.81 bits per heavy atom. The first-order chi connectivity index (χ1) is 14.7. The van der Waals surface area contributed by atoms with E-state index in [9.17, 15) is 18.8 Å². The summed E-state index contributed by atoms with van der Waals surface area (Å²) >= 11 is 12.7. The van der Waals surface area contributed by atoms with Gasteiger partial charge in [-0.1, -0.05) is 29.3 Å². The van der Waals surface area contributed by atoms with Gasteiger partial charge in [-0.15, -0.1) is 0 Å². The summed E-state index contributed by atoms with van der Waals surface area (Å²) in [7, 11) is 0. The maximum absolute atomic E-state index is 13.4. The molecule has 0 spiro atoms. The van der Waals surface area contributed by atoms with Crippen LogP contribution in [0.15, 0.2) is 46.8 Å². The minimum atomic E-state index is -1.19. The number of carboxylic acids is 1. The molecule has 1 unspecified atom stereocenters. The second kappa shape index (κ2) is 8.28. The number of fused-ring (bicyclic) bond motifs is 2. The smallest absolute Gasteiger partial charge is 0.322 e. The summed E-state index contributed by atoms with van der Waals surface area (Å²) in [6, 6.07) is 1.21. The molecule has 160 valence electrons. The largest absolute Gasteiger partial charge is 0.480 e. The van der Waals surface area contributed by atoms with Gasteiger partial charge in [-0.05, 0) is 47.4 Å². The summed E-state index contributed by atoms with van der Waals surface area (Å²) in [5.41, 5.74) is 2.27. The minimum Gasteiger partial charge on any atom is -0.480 e. The van der Waals surface area contributed by atoms with Crippen molar-refractivity contribution in [3.8, 4) is 0 Å². The first-order valence-corrected chi connectivity index (χ1v) is 10.1. The Morgan fingerprint density at radius 1 is 1.29 bits per heavy atom. The zero-order valence-corrected chi connectivity index (χ0v) is 17.5. The Kier molecular flexibility index (Phi) is 5.68. The highest BCUT2D eigenvalue weighted by molar-refractivity contribution is 6.44. The summed E-state index contributed by atoms with van der Waals surface area (Å²) in [4.78, 5) is 41.9. The lowest BCUT2D eigenvalue weighted by atomic mass is 9.96. The fourth-order valence-corrected chi connectivity index (χ4v) is 4.50. The first kappa shape index (κ1) is 21.3. The number of nitrogens with one attached hydrogen (secondary N) is 1. The highest BCUT2D eigenvalue weighted by Gasteiger charge is 2.31. The van der Waals surface area contributed by atoms with Gasteiger partial charge in [0.05, 0.1) is 21.7 Å². The summed E-state index contributed by atoms with van der Waals surface area (Å²) in [6.45, 7) is 0.00550. The number of carbonyl (C=O) groups excluding carboxylic acids is 2. The standard InChI is InChI=1S/C21H16Cl2FN3O4/c22-14-6-11-9-27(21(31)16-7-10-5-12(24)1-2-15(10)26-16)4-3-13(11)19(23)18(14)20(30)25-8-17(28)29/h1-2,5-7,15H,3-4,8-9H2,(H,25,30)(H,28,29). The van der Waals surface area contributed by atoms with Crippen LogP contribution in [0.25, 0.3) is 0 Å². The number of halogens is 3. The van der Waals surface area contributed by atoms with Crippen LogP contribution >= 0.6 is 23.2 Å². The maximum atomic E-state index is 13.4. The van der Waals surface area contributed by atoms with Gasteiger partial charge >= 0.3 is 5.97 Å². The quantitative estimate of drug-likeness (QED) is 0.716. The molecule has 1 aromatic rings. The molecule has 0 bridgehead atoms. The van der Waals surface area contributed by atoms with Crippen molar-refractivity contribution in [1.29, 1.82) is 0 Å². The molecule has 2 aliphatic heterocycles. The van der Waals surface area contributed by atoms with Crippen LogP contribution in [0, 0.1) is 0 Å². The molecule has 2 heterocycles. The predicted octanol–water partition coefficient (Wildman–Crippen LogP) is 2.87. The molecule has 31 heavy (non-hydrogen) atoms. The number of benzene rings is 1. The van der Waals surface area contributed by atoms with Gasteiger partial charge in [-0.2, -0.15) is 0 Å². The van der Waals surface area contributed by atoms with Crippen molar-refractivity contribution in [2.75, 3.05) is 13.1 Å². The van der Waals surface area contributed by atoms with E-state index in [1.54, 1.807) is 23.1 Å². The fraction of sp³-hybridized carbons (Fsp3) is 0.238. The van der Waals surface area contributed by atoms with Crippen molar-refractivity contribution in [2.45, 2.75) is 19.0 Å². The molecule has 0 aromatic heterocycles. The van der Waals surface area contributed by atoms with Crippen molar-refractivity contribution in [1.82, 2.24) is 10.2 Å². The number of hydrogen-bond acceptors (Lipinski definition) is 4. The van der Waals surface area contributed by atoms with Gasteiger partial charge in [-0.25, -0.2) is 4.39 Å². The molecule has 7 nitrogen and oxygen atoms in total. The van der Waals surface area contributed by atoms with E-state index in [2.05, 4.69) is 10.3 Å². The van der Waals surface area contributed by atoms with Crippen LogP contribution in [0.2, 0.25) is 10.0 Å². The number of amides is 2. The van der Waals surface area contributed by atoms with E-state index >= 15 is 0 Å². The first-order valence-electron chi connectivity index (χ1n) is 9.38. The second-order valence-corrected chi connectivity index (χ2v) is 8.02. The van der Waals surface area contributed by atoms with Gasteiger partial charge < -0.3 is 15.3 Å². The number of rotatable bonds is 4. The fourth-order valence-electron chi connectivity index (χ4n) is 3.73. The van der Waals surface area contributed by atoms with Crippen LogP contribution < -0.4 is 5.32 Å². The van der Waals surface area contributed by atoms with Crippen LogP contribution in [0.5, 0.6) is 0 Å². The maximum Gasteiger partial charge on any atom is 0.322 e. The van der Waals surface area contributed by atoms with Gasteiger partial charge in [0.15, 0.2) is 0 Å². The van der Waals surface area contributed by atoms with Crippen molar-refractivity contribution in [3.63, 3.8) is 0 Å². The molecular weight excluding hydrogens is 448 g/mol. The molecule has 0 radical (unpaired) electrons. The van der Waals surface area contributed by atoms with Gasteiger partial charge in [0.25, 0.3) is 11.8 Å². The third-order valence-corrected chi connectivity index (χ3v) is 5.92. The number of hydrogen-bond donors (Lipinski definition) is 2. The van der Waals surface area contributed by atoms with E-state index in [1.807, 2.05) is 0 Å². The summed E-state index contributed by atoms with van der Waals surface area (Å²) < 4.78 is 13.4. The summed E-state index contributed by atoms with van der Waals surface area (Å²) in [6.07, 6.45) is 6.25. The minimum absolute atomic E-state index is 0.0117. The molecule has 2 amide bonds. The van der Waals surface area contributed by atoms with Crippen LogP contribution in [0.1, 0.15) is 21.5 Å². The van der Waals surface area contributed by atoms with E-state index in [1.165, 1.54) is 12.2 Å². The SMILES string of the molecule is O=C(O)CNC(=O)c1c(Cl)cc2c(c1Cl)CCN(C(=O)C1=NC3C=CC(F)=CC3=C1)C2. The zero-order chi connectivity index (χ0) is 22.3. The lowest BCUT2D eigenvalue weighted by Crippen LogP contribution is -2.40. The van der Waals surface area contributed by atoms with Crippen molar-refractivity contribution in [2.24, 2.45) is 4.99 Å². The lowest BCUT2D eigenvalue weighted by molar-refractivity contribution is -0.135. The van der Waals surface area contributed by atoms with E-state index in [0.29, 0.717) is 29.7 Å². The third-order valence-electron chi connectivity index (χ3n) is 5.20. The van der Waals surface area contributed by atoms with Crippen LogP contribution in [-0.2, 0) is 22.6 Å². The molecule has 0 saturated heterocycles. The van der Waals surface area contributed by atoms with Crippen LogP contribution in [0.3, 0.4) is 0 Å². The zero-order valence-electron chi connectivity index (χ0n) is 16.0. The topological polar surface area (TPSA) is 99.1 Å². The van der Waals surface area contributed by atoms with Crippen molar-refractivity contribution >= 4 is 46.7 Å². The molecule has 3 aliphatic rings. The summed E-state index contributed by atoms with van der Waals surface area (Å²) in [5.74, 6) is -2.54. The van der Waals surface area contributed by atoms with E-state index in [-0.39, 0.29) is 45.6 Å². The summed E-state index contributed by atoms with van der Waals surface area (Å²) in [5, 5.41) is 11.2. The highest BCUT2D eigenvalue weighted by atomic mass is 35.5. The molecule has 1 atom stereocenters. The molecule has 0 saturated carbocycles. The van der Waals surface area contributed by atoms with E-state index in [0.717, 1.165) is 0 Å². The second-order valence-electron chi connectivity index (χ2n) is 7.23. The van der Waals surface area contributed by atoms with Crippen LogP contribution in [0.4, 0.5) is 4.39 Å². The molecular formula is C21H16Cl2FN3O4. The Balaban J connectivity index is 1.54. The normalized spacial score (nSPS) is 19.1. The van der Waals surface area contributed by atoms with Crippen molar-refractivity contribution in [3.05, 3.63) is 68.5 Å². The van der Waals surface area contributed by atoms with Crippen LogP contribution in [-0.4, -0.2) is 52.6 Å². The predicted molar refractivity (Wildman–Crippen MR) is 113 cm³/mol. The number of allylic oxidation sites excluding steroid dienone is 2. The van der Waals surface area contributed by atoms with Gasteiger partial charge in [0.2, 0.25) is 0 Å². The van der Waals surface area contributed by atoms with Gasteiger partial charge in [0, 0.05) is 13.1 Å². The van der Waals surface area contributed by atoms with Crippen molar-refractivity contribution < 1.29 is 23.9 Å². The average Bonchev–Trinajstić information content (AvgIpc) is 3.14. The van der Waals surface area contributed by atoms with Gasteiger partial charge in [0.1, 0.15) is 18.1 Å². The Hall–Kier alpha value is -2.97. The Morgan fingerprint density at radius 2 is 2.06 bits per heavy atom. The molecule has 2 N–H and O–H groups in total. The number of aliphatic carboxylic acids is 1. The number of carboxylic acid groups (broad SMARTS) is 1. The molecule has 1 aliphatic carbocycles. The molecule has 0 fully saturated rings. The molecule has 4 rings (SSSR count). The third kappa shape index (κ3) is 4.13. The molecule has 1 aromatic carbocycles. The van der Waals surface area contributed by atoms with Gasteiger partial charge in [-0.3, -0.25) is 19.4 Å². The monoisotopic (exact) mass is 463 g/mol. The number of nitrogens with zero attached hydrogens (tertiary/aromatic N) is 2. The lowest BCUT2D eigenvalue weighted by Gasteiger charge is -2.30. The number of carbonyl (C=O) groups is 3. The Bertz CT molecular complexity index is 1140.